The van der Waals surface area contributed by atoms with Gasteiger partial charge in [0.1, 0.15) is 0 Å². The van der Waals surface area contributed by atoms with Gasteiger partial charge >= 0.3 is 0 Å². The van der Waals surface area contributed by atoms with E-state index in [0.29, 0.717) is 0 Å². The van der Waals surface area contributed by atoms with Gasteiger partial charge in [0.2, 0.25) is 5.69 Å². The standard InChI is InChI=1S/C69H48N5/c1-5-19-49(20-6-1)50-35-37-54(38-36-50)71(56-39-41-68-62(47-56)60-27-13-15-31-66(60)73(68)52-23-9-3-10-24-52)64-33-17-30-59-58(64)29-18-34-65(59)72(55-43-45-70(46-44-55)51-21-7-2-8-22-51)57-40-42-69-63(48-57)61-28-14-16-32-67(61)74(69)53-25-11-4-12-26-53/h1-48H/q+1. The molecule has 0 saturated heterocycles. The fourth-order valence-electron chi connectivity index (χ4n) is 11.2. The first kappa shape index (κ1) is 42.9. The number of pyridine rings is 1. The van der Waals surface area contributed by atoms with Crippen molar-refractivity contribution in [3.05, 3.63) is 291 Å². The summed E-state index contributed by atoms with van der Waals surface area (Å²) >= 11 is 0. The van der Waals surface area contributed by atoms with Crippen LogP contribution in [0.4, 0.5) is 34.1 Å². The van der Waals surface area contributed by atoms with Crippen LogP contribution in [0.5, 0.6) is 0 Å². The SMILES string of the molecule is c1ccc(-c2ccc(N(c3ccc4c(c3)c3ccccc3n4-c3ccccc3)c3cccc4c(N(c5cc[n+](-c6ccccc6)cc5)c5ccc6c(c5)c5ccccc5n6-c5ccccc5)cccc34)cc2)cc1. The summed E-state index contributed by atoms with van der Waals surface area (Å²) in [5, 5.41) is 7.07. The summed E-state index contributed by atoms with van der Waals surface area (Å²) in [7, 11) is 0. The Labute approximate surface area is 429 Å². The van der Waals surface area contributed by atoms with Gasteiger partial charge < -0.3 is 18.9 Å². The Kier molecular flexibility index (Phi) is 10.4. The zero-order chi connectivity index (χ0) is 49.0. The van der Waals surface area contributed by atoms with Crippen molar-refractivity contribution in [2.75, 3.05) is 9.80 Å². The topological polar surface area (TPSA) is 20.2 Å². The molecule has 0 N–H and O–H groups in total. The van der Waals surface area contributed by atoms with Gasteiger partial charge in [0, 0.05) is 85.0 Å². The predicted molar refractivity (Wildman–Crippen MR) is 309 cm³/mol. The van der Waals surface area contributed by atoms with Gasteiger partial charge in [-0.25, -0.2) is 0 Å². The predicted octanol–water partition coefficient (Wildman–Crippen LogP) is 17.9. The molecule has 74 heavy (non-hydrogen) atoms. The summed E-state index contributed by atoms with van der Waals surface area (Å²) in [5.74, 6) is 0. The van der Waals surface area contributed by atoms with E-state index in [1.165, 1.54) is 43.7 Å². The van der Waals surface area contributed by atoms with Crippen molar-refractivity contribution in [1.29, 1.82) is 0 Å². The maximum atomic E-state index is 2.44. The second kappa shape index (κ2) is 18.0. The lowest BCUT2D eigenvalue weighted by Crippen LogP contribution is -2.29. The molecule has 0 aliphatic heterocycles. The average molecular weight is 947 g/mol. The van der Waals surface area contributed by atoms with Crippen LogP contribution in [0.3, 0.4) is 0 Å². The third kappa shape index (κ3) is 7.29. The summed E-state index contributed by atoms with van der Waals surface area (Å²) in [4.78, 5) is 4.87. The molecule has 0 aliphatic carbocycles. The highest BCUT2D eigenvalue weighted by Gasteiger charge is 2.24. The fraction of sp³-hybridized carbons (Fsp3) is 0. The molecule has 0 atom stereocenters. The normalized spacial score (nSPS) is 11.5. The fourth-order valence-corrected chi connectivity index (χ4v) is 11.2. The van der Waals surface area contributed by atoms with E-state index in [2.05, 4.69) is 315 Å². The number of fused-ring (bicyclic) bond motifs is 7. The smallest absolute Gasteiger partial charge is 0.210 e. The number of rotatable bonds is 10. The molecule has 14 aromatic rings. The minimum Gasteiger partial charge on any atom is -0.310 e. The van der Waals surface area contributed by atoms with Crippen molar-refractivity contribution >= 4 is 88.5 Å². The quantitative estimate of drug-likeness (QED) is 0.127. The highest BCUT2D eigenvalue weighted by molar-refractivity contribution is 6.13. The molecule has 0 amide bonds. The van der Waals surface area contributed by atoms with Gasteiger partial charge in [-0.2, -0.15) is 4.57 Å². The number of hydrogen-bond donors (Lipinski definition) is 0. The molecular formula is C69H48N5+. The van der Waals surface area contributed by atoms with Gasteiger partial charge in [0.25, 0.3) is 0 Å². The molecule has 0 radical (unpaired) electrons. The summed E-state index contributed by atoms with van der Waals surface area (Å²) in [5.41, 5.74) is 16.8. The molecule has 0 fully saturated rings. The van der Waals surface area contributed by atoms with Gasteiger partial charge in [-0.15, -0.1) is 0 Å². The minimum atomic E-state index is 1.05. The molecule has 0 unspecified atom stereocenters. The lowest BCUT2D eigenvalue weighted by Gasteiger charge is -2.30. The Morgan fingerprint density at radius 1 is 0.257 bits per heavy atom. The van der Waals surface area contributed by atoms with Crippen LogP contribution in [0.25, 0.3) is 82.6 Å². The monoisotopic (exact) mass is 946 g/mol. The van der Waals surface area contributed by atoms with Crippen molar-refractivity contribution in [2.24, 2.45) is 0 Å². The van der Waals surface area contributed by atoms with E-state index in [4.69, 9.17) is 0 Å². The van der Waals surface area contributed by atoms with E-state index in [1.54, 1.807) is 0 Å². The van der Waals surface area contributed by atoms with Crippen LogP contribution in [0.15, 0.2) is 291 Å². The summed E-state index contributed by atoms with van der Waals surface area (Å²) in [6.07, 6.45) is 4.33. The molecule has 3 heterocycles. The molecule has 5 nitrogen and oxygen atoms in total. The summed E-state index contributed by atoms with van der Waals surface area (Å²) < 4.78 is 6.94. The third-order valence-corrected chi connectivity index (χ3v) is 14.6. The van der Waals surface area contributed by atoms with Gasteiger partial charge in [0.15, 0.2) is 12.4 Å². The highest BCUT2D eigenvalue weighted by atomic mass is 15.2. The van der Waals surface area contributed by atoms with Crippen LogP contribution >= 0.6 is 0 Å². The molecule has 11 aromatic carbocycles. The van der Waals surface area contributed by atoms with Gasteiger partial charge in [-0.3, -0.25) is 0 Å². The Balaban J connectivity index is 0.979. The van der Waals surface area contributed by atoms with E-state index >= 15 is 0 Å². The zero-order valence-corrected chi connectivity index (χ0v) is 40.4. The average Bonchev–Trinajstić information content (AvgIpc) is 4.00. The van der Waals surface area contributed by atoms with E-state index in [1.807, 2.05) is 0 Å². The Hall–Kier alpha value is -9.97. The number of nitrogens with zero attached hydrogens (tertiary/aromatic N) is 5. The first-order valence-corrected chi connectivity index (χ1v) is 25.3. The molecule has 3 aromatic heterocycles. The van der Waals surface area contributed by atoms with Crippen LogP contribution in [0.2, 0.25) is 0 Å². The third-order valence-electron chi connectivity index (χ3n) is 14.6. The van der Waals surface area contributed by atoms with Crippen molar-refractivity contribution in [1.82, 2.24) is 9.13 Å². The van der Waals surface area contributed by atoms with Crippen molar-refractivity contribution in [2.45, 2.75) is 0 Å². The van der Waals surface area contributed by atoms with Crippen molar-refractivity contribution in [3.63, 3.8) is 0 Å². The largest absolute Gasteiger partial charge is 0.310 e. The van der Waals surface area contributed by atoms with Gasteiger partial charge in [-0.1, -0.05) is 158 Å². The van der Waals surface area contributed by atoms with E-state index in [9.17, 15) is 0 Å². The Morgan fingerprint density at radius 2 is 0.635 bits per heavy atom. The van der Waals surface area contributed by atoms with Gasteiger partial charge in [-0.05, 0) is 108 Å². The zero-order valence-electron chi connectivity index (χ0n) is 40.4. The lowest BCUT2D eigenvalue weighted by molar-refractivity contribution is -0.595. The molecule has 0 bridgehead atoms. The second-order valence-corrected chi connectivity index (χ2v) is 18.8. The highest BCUT2D eigenvalue weighted by Crippen LogP contribution is 2.47. The van der Waals surface area contributed by atoms with Crippen LogP contribution in [-0.2, 0) is 0 Å². The molecule has 14 rings (SSSR count). The number of aromatic nitrogens is 3. The van der Waals surface area contributed by atoms with E-state index < -0.39 is 0 Å². The summed E-state index contributed by atoms with van der Waals surface area (Å²) in [6.45, 7) is 0. The Bertz CT molecular complexity index is 4050. The molecule has 0 saturated carbocycles. The molecule has 0 spiro atoms. The van der Waals surface area contributed by atoms with E-state index in [-0.39, 0.29) is 0 Å². The number of benzene rings is 11. The maximum Gasteiger partial charge on any atom is 0.210 e. The number of anilines is 6. The second-order valence-electron chi connectivity index (χ2n) is 18.8. The van der Waals surface area contributed by atoms with Gasteiger partial charge in [0.05, 0.1) is 39.1 Å². The van der Waals surface area contributed by atoms with Crippen LogP contribution < -0.4 is 14.4 Å². The number of para-hydroxylation sites is 5. The van der Waals surface area contributed by atoms with Crippen LogP contribution in [0.1, 0.15) is 0 Å². The van der Waals surface area contributed by atoms with Crippen molar-refractivity contribution in [3.8, 4) is 28.2 Å². The first-order chi connectivity index (χ1) is 36.7. The minimum absolute atomic E-state index is 1.05. The van der Waals surface area contributed by atoms with Crippen molar-refractivity contribution < 1.29 is 4.57 Å². The summed E-state index contributed by atoms with van der Waals surface area (Å²) in [6, 6.07) is 101. The maximum absolute atomic E-state index is 2.44. The van der Waals surface area contributed by atoms with E-state index in [0.717, 1.165) is 73.0 Å². The molecule has 348 valence electrons. The van der Waals surface area contributed by atoms with Crippen LogP contribution in [-0.4, -0.2) is 9.13 Å². The number of hydrogen-bond acceptors (Lipinski definition) is 2. The molecule has 5 heteroatoms. The lowest BCUT2D eigenvalue weighted by atomic mass is 10.0. The molecular weight excluding hydrogens is 899 g/mol. The van der Waals surface area contributed by atoms with Crippen LogP contribution in [0, 0.1) is 0 Å². The molecule has 0 aliphatic rings. The first-order valence-electron chi connectivity index (χ1n) is 25.3. The Morgan fingerprint density at radius 3 is 1.14 bits per heavy atom.